The van der Waals surface area contributed by atoms with Crippen molar-refractivity contribution in [2.24, 2.45) is 11.8 Å². The molecule has 0 aliphatic carbocycles. The molecule has 0 saturated carbocycles. The van der Waals surface area contributed by atoms with E-state index in [2.05, 4.69) is 24.5 Å². The highest BCUT2D eigenvalue weighted by atomic mass is 32.2. The fraction of sp³-hybridized carbons (Fsp3) is 0.943. The van der Waals surface area contributed by atoms with Crippen molar-refractivity contribution in [2.75, 3.05) is 12.8 Å². The molecule has 8 nitrogen and oxygen atoms in total. The van der Waals surface area contributed by atoms with E-state index in [4.69, 9.17) is 9.47 Å². The number of ether oxygens (including phenoxy) is 2. The number of unbranched alkanes of at least 4 members (excludes halogenated alkanes) is 12. The summed E-state index contributed by atoms with van der Waals surface area (Å²) in [4.78, 5) is 26.0. The number of aliphatic hydroxyl groups is 2. The summed E-state index contributed by atoms with van der Waals surface area (Å²) in [6.07, 6.45) is 17.9. The maximum atomic E-state index is 13.3. The van der Waals surface area contributed by atoms with Crippen LogP contribution in [0.4, 0.5) is 0 Å². The Bertz CT molecular complexity index is 782. The first-order chi connectivity index (χ1) is 21.2. The van der Waals surface area contributed by atoms with E-state index in [-0.39, 0.29) is 23.8 Å². The zero-order chi connectivity index (χ0) is 32.3. The Labute approximate surface area is 272 Å². The molecule has 0 spiro atoms. The van der Waals surface area contributed by atoms with Crippen LogP contribution in [0.5, 0.6) is 0 Å². The molecule has 0 aromatic rings. The predicted octanol–water partition coefficient (Wildman–Crippen LogP) is 6.50. The Morgan fingerprint density at radius 1 is 0.909 bits per heavy atom. The van der Waals surface area contributed by atoms with Crippen molar-refractivity contribution in [1.29, 1.82) is 0 Å². The molecule has 0 aromatic heterocycles. The van der Waals surface area contributed by atoms with E-state index in [0.717, 1.165) is 51.5 Å². The van der Waals surface area contributed by atoms with Crippen molar-refractivity contribution >= 4 is 23.6 Å². The average Bonchev–Trinajstić information content (AvgIpc) is 3.01. The van der Waals surface area contributed by atoms with E-state index in [0.29, 0.717) is 12.3 Å². The normalized spacial score (nSPS) is 28.1. The van der Waals surface area contributed by atoms with E-state index in [1.807, 2.05) is 20.1 Å². The van der Waals surface area contributed by atoms with Gasteiger partial charge >= 0.3 is 5.97 Å². The highest BCUT2D eigenvalue weighted by Crippen LogP contribution is 2.33. The van der Waals surface area contributed by atoms with Crippen molar-refractivity contribution < 1.29 is 29.3 Å². The third-order valence-electron chi connectivity index (χ3n) is 9.47. The molecule has 1 amide bonds. The topological polar surface area (TPSA) is 117 Å². The molecule has 9 heteroatoms. The second kappa shape index (κ2) is 22.6. The molecule has 2 aliphatic rings. The molecule has 0 radical (unpaired) electrons. The van der Waals surface area contributed by atoms with Crippen molar-refractivity contribution in [3.8, 4) is 0 Å². The monoisotopic (exact) mass is 642 g/mol. The minimum absolute atomic E-state index is 0.0435. The smallest absolute Gasteiger partial charge is 0.306 e. The molecule has 8 unspecified atom stereocenters. The van der Waals surface area contributed by atoms with Gasteiger partial charge in [0.1, 0.15) is 23.7 Å². The second-order valence-corrected chi connectivity index (χ2v) is 14.5. The van der Waals surface area contributed by atoms with Gasteiger partial charge in [-0.05, 0) is 43.9 Å². The molecule has 2 rings (SSSR count). The molecule has 2 heterocycles. The largest absolute Gasteiger partial charge is 0.456 e. The van der Waals surface area contributed by atoms with Crippen LogP contribution < -0.4 is 10.6 Å². The van der Waals surface area contributed by atoms with E-state index in [1.54, 1.807) is 0 Å². The van der Waals surface area contributed by atoms with Crippen LogP contribution in [0.2, 0.25) is 0 Å². The number of piperidine rings is 1. The molecule has 44 heavy (non-hydrogen) atoms. The maximum absolute atomic E-state index is 13.3. The highest BCUT2D eigenvalue weighted by molar-refractivity contribution is 7.99. The SMILES string of the molecule is CCCCCCCCCCCCCCCC(=O)OC1C(SC)OC(C(NC(=O)C2CC(CCC)CCN2)C(C)C)C(O)C1O. The molecule has 4 N–H and O–H groups in total. The Hall–Kier alpha value is -0.870. The predicted molar refractivity (Wildman–Crippen MR) is 181 cm³/mol. The van der Waals surface area contributed by atoms with Crippen LogP contribution in [-0.4, -0.2) is 76.8 Å². The number of esters is 1. The molecule has 2 saturated heterocycles. The first kappa shape index (κ1) is 39.3. The number of hydrogen-bond donors (Lipinski definition) is 4. The molecule has 8 atom stereocenters. The molecule has 2 fully saturated rings. The number of rotatable bonds is 22. The Balaban J connectivity index is 1.76. The lowest BCUT2D eigenvalue weighted by Crippen LogP contribution is -2.65. The molecule has 2 aliphatic heterocycles. The minimum Gasteiger partial charge on any atom is -0.456 e. The fourth-order valence-corrected chi connectivity index (χ4v) is 7.46. The van der Waals surface area contributed by atoms with Gasteiger partial charge in [0.25, 0.3) is 0 Å². The lowest BCUT2D eigenvalue weighted by Gasteiger charge is -2.45. The molecular weight excluding hydrogens is 576 g/mol. The average molecular weight is 643 g/mol. The third kappa shape index (κ3) is 13.9. The molecule has 0 aromatic carbocycles. The van der Waals surface area contributed by atoms with E-state index in [9.17, 15) is 19.8 Å². The van der Waals surface area contributed by atoms with Gasteiger partial charge < -0.3 is 30.3 Å². The zero-order valence-corrected chi connectivity index (χ0v) is 29.4. The van der Waals surface area contributed by atoms with Gasteiger partial charge in [-0.25, -0.2) is 0 Å². The number of carbonyl (C=O) groups is 2. The first-order valence-electron chi connectivity index (χ1n) is 18.0. The van der Waals surface area contributed by atoms with Gasteiger partial charge in [0.05, 0.1) is 12.1 Å². The van der Waals surface area contributed by atoms with Crippen molar-refractivity contribution in [1.82, 2.24) is 10.6 Å². The number of nitrogens with one attached hydrogen (secondary N) is 2. The Kier molecular flexibility index (Phi) is 20.2. The second-order valence-electron chi connectivity index (χ2n) is 13.6. The quantitative estimate of drug-likeness (QED) is 0.0782. The van der Waals surface area contributed by atoms with Crippen LogP contribution in [0.3, 0.4) is 0 Å². The fourth-order valence-electron chi connectivity index (χ4n) is 6.73. The van der Waals surface area contributed by atoms with Gasteiger partial charge in [-0.3, -0.25) is 9.59 Å². The van der Waals surface area contributed by atoms with Crippen LogP contribution in [0, 0.1) is 11.8 Å². The third-order valence-corrected chi connectivity index (χ3v) is 10.3. The summed E-state index contributed by atoms with van der Waals surface area (Å²) in [7, 11) is 0. The van der Waals surface area contributed by atoms with Gasteiger partial charge in [-0.1, -0.05) is 118 Å². The summed E-state index contributed by atoms with van der Waals surface area (Å²) in [5.74, 6) is 0.0212. The van der Waals surface area contributed by atoms with Crippen LogP contribution in [0.1, 0.15) is 143 Å². The van der Waals surface area contributed by atoms with Gasteiger partial charge in [0.2, 0.25) is 5.91 Å². The number of carbonyl (C=O) groups excluding carboxylic acids is 2. The summed E-state index contributed by atoms with van der Waals surface area (Å²) < 4.78 is 12.0. The summed E-state index contributed by atoms with van der Waals surface area (Å²) in [6.45, 7) is 9.18. The van der Waals surface area contributed by atoms with Gasteiger partial charge in [0, 0.05) is 6.42 Å². The number of thioether (sulfide) groups is 1. The Morgan fingerprint density at radius 3 is 2.05 bits per heavy atom. The minimum atomic E-state index is -1.30. The van der Waals surface area contributed by atoms with Gasteiger partial charge in [0.15, 0.2) is 6.10 Å². The standard InChI is InChI=1S/C35H66N2O6S/c1-6-8-9-10-11-12-13-14-15-16-17-18-19-21-28(38)42-33-31(40)30(39)32(43-35(33)44-5)29(25(3)4)37-34(41)27-24-26(20-7-2)22-23-36-27/h25-27,29-33,35-36,39-40H,6-24H2,1-5H3,(H,37,41). The van der Waals surface area contributed by atoms with Crippen molar-refractivity contribution in [2.45, 2.75) is 185 Å². The lowest BCUT2D eigenvalue weighted by molar-refractivity contribution is -0.221. The number of amides is 1. The maximum Gasteiger partial charge on any atom is 0.306 e. The summed E-state index contributed by atoms with van der Waals surface area (Å²) in [5, 5.41) is 28.7. The lowest BCUT2D eigenvalue weighted by atomic mass is 9.86. The molecular formula is C35H66N2O6S. The molecule has 258 valence electrons. The summed E-state index contributed by atoms with van der Waals surface area (Å²) in [6, 6.07) is -0.778. The van der Waals surface area contributed by atoms with Crippen LogP contribution in [-0.2, 0) is 19.1 Å². The van der Waals surface area contributed by atoms with E-state index >= 15 is 0 Å². The summed E-state index contributed by atoms with van der Waals surface area (Å²) in [5.41, 5.74) is -0.645. The van der Waals surface area contributed by atoms with Crippen molar-refractivity contribution in [3.05, 3.63) is 0 Å². The van der Waals surface area contributed by atoms with Crippen molar-refractivity contribution in [3.63, 3.8) is 0 Å². The van der Waals surface area contributed by atoms with E-state index < -0.39 is 35.9 Å². The van der Waals surface area contributed by atoms with Crippen LogP contribution >= 0.6 is 11.8 Å². The van der Waals surface area contributed by atoms with Crippen LogP contribution in [0.15, 0.2) is 0 Å². The van der Waals surface area contributed by atoms with E-state index in [1.165, 1.54) is 76.0 Å². The number of hydrogen-bond acceptors (Lipinski definition) is 8. The zero-order valence-electron chi connectivity index (χ0n) is 28.6. The highest BCUT2D eigenvalue weighted by Gasteiger charge is 2.50. The summed E-state index contributed by atoms with van der Waals surface area (Å²) >= 11 is 1.34. The number of aliphatic hydroxyl groups excluding tert-OH is 2. The van der Waals surface area contributed by atoms with Gasteiger partial charge in [-0.15, -0.1) is 11.8 Å². The molecule has 0 bridgehead atoms. The van der Waals surface area contributed by atoms with Gasteiger partial charge in [-0.2, -0.15) is 0 Å². The first-order valence-corrected chi connectivity index (χ1v) is 19.3. The van der Waals surface area contributed by atoms with Crippen LogP contribution in [0.25, 0.3) is 0 Å². The Morgan fingerprint density at radius 2 is 1.50 bits per heavy atom.